The van der Waals surface area contributed by atoms with Crippen molar-refractivity contribution < 1.29 is 9.13 Å². The van der Waals surface area contributed by atoms with Crippen LogP contribution in [0.3, 0.4) is 0 Å². The summed E-state index contributed by atoms with van der Waals surface area (Å²) in [6.45, 7) is 6.45. The number of halogens is 1. The highest BCUT2D eigenvalue weighted by Gasteiger charge is 2.03. The fourth-order valence-electron chi connectivity index (χ4n) is 1.11. The summed E-state index contributed by atoms with van der Waals surface area (Å²) in [6.07, 6.45) is 0.887. The molecule has 1 rings (SSSR count). The first kappa shape index (κ1) is 11.6. The Morgan fingerprint density at radius 2 is 2.27 bits per heavy atom. The fourth-order valence-corrected chi connectivity index (χ4v) is 1.11. The van der Waals surface area contributed by atoms with Crippen molar-refractivity contribution in [2.75, 3.05) is 19.0 Å². The molecule has 0 bridgehead atoms. The topological polar surface area (TPSA) is 21.3 Å². The van der Waals surface area contributed by atoms with Gasteiger partial charge in [-0.1, -0.05) is 19.1 Å². The highest BCUT2D eigenvalue weighted by Crippen LogP contribution is 2.21. The van der Waals surface area contributed by atoms with Gasteiger partial charge in [-0.05, 0) is 18.6 Å². The quantitative estimate of drug-likeness (QED) is 0.752. The molecule has 0 radical (unpaired) electrons. The number of benzene rings is 1. The van der Waals surface area contributed by atoms with E-state index in [0.717, 1.165) is 12.0 Å². The number of methoxy groups -OCH3 is 1. The zero-order valence-corrected chi connectivity index (χ0v) is 9.14. The van der Waals surface area contributed by atoms with Crippen LogP contribution in [0, 0.1) is 5.82 Å². The van der Waals surface area contributed by atoms with Crippen LogP contribution in [0.15, 0.2) is 30.4 Å². The second-order valence-electron chi connectivity index (χ2n) is 3.30. The molecule has 15 heavy (non-hydrogen) atoms. The molecule has 0 unspecified atom stereocenters. The van der Waals surface area contributed by atoms with Gasteiger partial charge < -0.3 is 10.1 Å². The monoisotopic (exact) mass is 209 g/mol. The molecule has 0 amide bonds. The maximum atomic E-state index is 13.3. The largest absolute Gasteiger partial charge is 0.497 e. The van der Waals surface area contributed by atoms with Crippen LogP contribution in [0.4, 0.5) is 10.1 Å². The summed E-state index contributed by atoms with van der Waals surface area (Å²) in [5, 5.41) is 2.98. The molecule has 0 aliphatic heterocycles. The van der Waals surface area contributed by atoms with Crippen LogP contribution in [0.5, 0.6) is 5.75 Å². The molecule has 1 aromatic carbocycles. The highest BCUT2D eigenvalue weighted by atomic mass is 19.1. The van der Waals surface area contributed by atoms with Crippen LogP contribution < -0.4 is 10.1 Å². The van der Waals surface area contributed by atoms with Crippen molar-refractivity contribution >= 4 is 5.69 Å². The number of nitrogens with one attached hydrogen (secondary N) is 1. The Labute approximate surface area is 89.8 Å². The molecular formula is C12H16FNO. The van der Waals surface area contributed by atoms with Gasteiger partial charge in [-0.2, -0.15) is 0 Å². The lowest BCUT2D eigenvalue weighted by molar-refractivity contribution is 0.414. The van der Waals surface area contributed by atoms with Gasteiger partial charge in [0.1, 0.15) is 11.6 Å². The number of hydrogen-bond donors (Lipinski definition) is 1. The molecule has 3 heteroatoms. The van der Waals surface area contributed by atoms with Gasteiger partial charge in [-0.25, -0.2) is 4.39 Å². The molecule has 0 atom stereocenters. The Hall–Kier alpha value is -1.51. The first-order chi connectivity index (χ1) is 7.17. The number of rotatable bonds is 5. The number of ether oxygens (including phenoxy) is 1. The van der Waals surface area contributed by atoms with Crippen LogP contribution in [-0.2, 0) is 0 Å². The van der Waals surface area contributed by atoms with Gasteiger partial charge in [0.2, 0.25) is 0 Å². The maximum absolute atomic E-state index is 13.3. The van der Waals surface area contributed by atoms with Crippen molar-refractivity contribution in [3.63, 3.8) is 0 Å². The molecule has 0 spiro atoms. The molecule has 0 saturated carbocycles. The van der Waals surface area contributed by atoms with Crippen LogP contribution in [0.2, 0.25) is 0 Å². The molecule has 1 N–H and O–H groups in total. The summed E-state index contributed by atoms with van der Waals surface area (Å²) in [6, 6.07) is 4.61. The van der Waals surface area contributed by atoms with E-state index in [1.54, 1.807) is 19.2 Å². The minimum absolute atomic E-state index is 0.278. The maximum Gasteiger partial charge on any atom is 0.146 e. The zero-order valence-electron chi connectivity index (χ0n) is 9.14. The first-order valence-electron chi connectivity index (χ1n) is 4.91. The highest BCUT2D eigenvalue weighted by molar-refractivity contribution is 5.50. The number of hydrogen-bond acceptors (Lipinski definition) is 2. The van der Waals surface area contributed by atoms with Gasteiger partial charge in [-0.3, -0.25) is 0 Å². The summed E-state index contributed by atoms with van der Waals surface area (Å²) in [5.74, 6) is 0.362. The standard InChI is InChI=1S/C12H16FNO/c1-4-9(2)8-14-12-7-10(15-3)5-6-11(12)13/h5-7,14H,2,4,8H2,1,3H3. The average Bonchev–Trinajstić information content (AvgIpc) is 2.27. The third-order valence-electron chi connectivity index (χ3n) is 2.20. The second kappa shape index (κ2) is 5.39. The van der Waals surface area contributed by atoms with E-state index >= 15 is 0 Å². The van der Waals surface area contributed by atoms with Crippen molar-refractivity contribution in [1.29, 1.82) is 0 Å². The van der Waals surface area contributed by atoms with Gasteiger partial charge in [0.05, 0.1) is 12.8 Å². The third-order valence-corrected chi connectivity index (χ3v) is 2.20. The van der Waals surface area contributed by atoms with Gasteiger partial charge in [0.25, 0.3) is 0 Å². The lowest BCUT2D eigenvalue weighted by Gasteiger charge is -2.09. The third kappa shape index (κ3) is 3.27. The van der Waals surface area contributed by atoms with Crippen LogP contribution >= 0.6 is 0 Å². The van der Waals surface area contributed by atoms with Gasteiger partial charge >= 0.3 is 0 Å². The molecule has 0 saturated heterocycles. The minimum atomic E-state index is -0.278. The molecule has 0 aromatic heterocycles. The Bertz CT molecular complexity index is 349. The van der Waals surface area contributed by atoms with E-state index in [1.165, 1.54) is 6.07 Å². The summed E-state index contributed by atoms with van der Waals surface area (Å²) in [4.78, 5) is 0. The van der Waals surface area contributed by atoms with E-state index in [0.29, 0.717) is 18.0 Å². The van der Waals surface area contributed by atoms with Crippen LogP contribution in [-0.4, -0.2) is 13.7 Å². The molecule has 82 valence electrons. The average molecular weight is 209 g/mol. The molecule has 0 aliphatic rings. The van der Waals surface area contributed by atoms with Gasteiger partial charge in [0.15, 0.2) is 0 Å². The zero-order chi connectivity index (χ0) is 11.3. The van der Waals surface area contributed by atoms with Crippen LogP contribution in [0.25, 0.3) is 0 Å². The Kier molecular flexibility index (Phi) is 4.16. The van der Waals surface area contributed by atoms with E-state index in [-0.39, 0.29) is 5.82 Å². The predicted molar refractivity (Wildman–Crippen MR) is 60.9 cm³/mol. The molecule has 2 nitrogen and oxygen atoms in total. The Morgan fingerprint density at radius 3 is 2.87 bits per heavy atom. The van der Waals surface area contributed by atoms with Crippen molar-refractivity contribution in [3.8, 4) is 5.75 Å². The minimum Gasteiger partial charge on any atom is -0.497 e. The fraction of sp³-hybridized carbons (Fsp3) is 0.333. The van der Waals surface area contributed by atoms with E-state index < -0.39 is 0 Å². The second-order valence-corrected chi connectivity index (χ2v) is 3.30. The predicted octanol–water partition coefficient (Wildman–Crippen LogP) is 3.21. The van der Waals surface area contributed by atoms with Gasteiger partial charge in [-0.15, -0.1) is 0 Å². The molecule has 0 fully saturated rings. The van der Waals surface area contributed by atoms with Crippen molar-refractivity contribution in [3.05, 3.63) is 36.2 Å². The van der Waals surface area contributed by atoms with E-state index in [1.807, 2.05) is 6.92 Å². The van der Waals surface area contributed by atoms with Crippen LogP contribution in [0.1, 0.15) is 13.3 Å². The first-order valence-corrected chi connectivity index (χ1v) is 4.91. The normalized spacial score (nSPS) is 9.80. The number of anilines is 1. The Morgan fingerprint density at radius 1 is 1.53 bits per heavy atom. The molecule has 0 aliphatic carbocycles. The van der Waals surface area contributed by atoms with E-state index in [4.69, 9.17) is 4.74 Å². The molecule has 1 aromatic rings. The lowest BCUT2D eigenvalue weighted by Crippen LogP contribution is -2.05. The molecule has 0 heterocycles. The summed E-state index contributed by atoms with van der Waals surface area (Å²) in [7, 11) is 1.56. The summed E-state index contributed by atoms with van der Waals surface area (Å²) in [5.41, 5.74) is 1.49. The van der Waals surface area contributed by atoms with Crippen molar-refractivity contribution in [1.82, 2.24) is 0 Å². The SMILES string of the molecule is C=C(CC)CNc1cc(OC)ccc1F. The van der Waals surface area contributed by atoms with Crippen molar-refractivity contribution in [2.24, 2.45) is 0 Å². The smallest absolute Gasteiger partial charge is 0.146 e. The van der Waals surface area contributed by atoms with E-state index in [2.05, 4.69) is 11.9 Å². The molecular weight excluding hydrogens is 193 g/mol. The van der Waals surface area contributed by atoms with Gasteiger partial charge in [0, 0.05) is 12.6 Å². The van der Waals surface area contributed by atoms with Crippen molar-refractivity contribution in [2.45, 2.75) is 13.3 Å². The summed E-state index contributed by atoms with van der Waals surface area (Å²) >= 11 is 0. The van der Waals surface area contributed by atoms with E-state index in [9.17, 15) is 4.39 Å². The summed E-state index contributed by atoms with van der Waals surface area (Å²) < 4.78 is 18.3. The Balaban J connectivity index is 2.70. The lowest BCUT2D eigenvalue weighted by atomic mass is 10.2.